The number of ether oxygens (including phenoxy) is 1. The molecule has 0 fully saturated rings. The van der Waals surface area contributed by atoms with Crippen LogP contribution in [0.5, 0.6) is 5.75 Å². The van der Waals surface area contributed by atoms with E-state index < -0.39 is 33.8 Å². The number of methoxy groups -OCH3 is 1. The van der Waals surface area contributed by atoms with Gasteiger partial charge in [0.05, 0.1) is 12.0 Å². The Hall–Kier alpha value is -3.22. The van der Waals surface area contributed by atoms with Crippen molar-refractivity contribution < 1.29 is 32.3 Å². The van der Waals surface area contributed by atoms with Gasteiger partial charge in [-0.05, 0) is 55.3 Å². The Morgan fingerprint density at radius 2 is 1.87 bits per heavy atom. The lowest BCUT2D eigenvalue weighted by atomic mass is 10.1. The number of hydrogen-bond donors (Lipinski definition) is 5. The number of benzene rings is 2. The van der Waals surface area contributed by atoms with Crippen LogP contribution < -0.4 is 25.6 Å². The lowest BCUT2D eigenvalue weighted by molar-refractivity contribution is -0.131. The van der Waals surface area contributed by atoms with Crippen LogP contribution in [0.25, 0.3) is 0 Å². The molecule has 12 heteroatoms. The van der Waals surface area contributed by atoms with Crippen molar-refractivity contribution in [3.63, 3.8) is 0 Å². The fraction of sp³-hybridized carbons (Fsp3) is 0.263. The summed E-state index contributed by atoms with van der Waals surface area (Å²) in [5.74, 6) is -0.979. The van der Waals surface area contributed by atoms with Crippen molar-refractivity contribution >= 4 is 27.6 Å². The third-order valence-corrected chi connectivity index (χ3v) is 5.62. The minimum Gasteiger partial charge on any atom is -0.497 e. The van der Waals surface area contributed by atoms with E-state index in [1.54, 1.807) is 0 Å². The second kappa shape index (κ2) is 11.2. The summed E-state index contributed by atoms with van der Waals surface area (Å²) >= 11 is 0. The van der Waals surface area contributed by atoms with Crippen molar-refractivity contribution in [1.82, 2.24) is 15.5 Å². The molecule has 10 nitrogen and oxygen atoms in total. The lowest BCUT2D eigenvalue weighted by Gasteiger charge is -2.17. The van der Waals surface area contributed by atoms with Crippen LogP contribution in [-0.2, 0) is 14.8 Å². The number of hydroxylamine groups is 1. The highest BCUT2D eigenvalue weighted by molar-refractivity contribution is 7.89. The summed E-state index contributed by atoms with van der Waals surface area (Å²) in [5, 5.41) is 13.9. The first kappa shape index (κ1) is 24.1. The largest absolute Gasteiger partial charge is 0.497 e. The van der Waals surface area contributed by atoms with Gasteiger partial charge < -0.3 is 15.4 Å². The molecule has 0 aliphatic carbocycles. The number of rotatable bonds is 10. The van der Waals surface area contributed by atoms with Crippen LogP contribution in [0.15, 0.2) is 53.4 Å². The molecule has 2 aromatic carbocycles. The summed E-state index contributed by atoms with van der Waals surface area (Å²) in [6.45, 7) is 0.0978. The van der Waals surface area contributed by atoms with Crippen molar-refractivity contribution in [2.45, 2.75) is 23.8 Å². The zero-order chi connectivity index (χ0) is 22.9. The highest BCUT2D eigenvalue weighted by Gasteiger charge is 2.25. The normalized spacial score (nSPS) is 12.0. The van der Waals surface area contributed by atoms with Crippen molar-refractivity contribution in [2.75, 3.05) is 19.0 Å². The second-order valence-electron chi connectivity index (χ2n) is 6.36. The fourth-order valence-electron chi connectivity index (χ4n) is 2.58. The number of anilines is 1. The van der Waals surface area contributed by atoms with Crippen LogP contribution in [0.4, 0.5) is 14.9 Å². The third-order valence-electron chi connectivity index (χ3n) is 4.13. The van der Waals surface area contributed by atoms with Crippen molar-refractivity contribution in [3.05, 3.63) is 54.3 Å². The molecule has 0 radical (unpaired) electrons. The van der Waals surface area contributed by atoms with Gasteiger partial charge >= 0.3 is 6.03 Å². The molecule has 2 rings (SSSR count). The third kappa shape index (κ3) is 7.51. The molecule has 0 aliphatic heterocycles. The van der Waals surface area contributed by atoms with Crippen LogP contribution in [0.2, 0.25) is 0 Å². The molecule has 0 aromatic heterocycles. The molecule has 0 aliphatic rings. The van der Waals surface area contributed by atoms with Crippen LogP contribution in [0.3, 0.4) is 0 Å². The molecule has 0 unspecified atom stereocenters. The Morgan fingerprint density at radius 3 is 2.48 bits per heavy atom. The van der Waals surface area contributed by atoms with E-state index in [-0.39, 0.29) is 30.0 Å². The van der Waals surface area contributed by atoms with Gasteiger partial charge in [0.25, 0.3) is 5.91 Å². The number of halogens is 1. The standard InChI is InChI=1S/C19H23FN4O6S/c1-30-15-7-9-16(10-8-15)31(28,29)24-17(18(25)23-27)6-3-11-21-19(26)22-14-5-2-4-13(20)12-14/h2,4-5,7-10,12,17,24,27H,3,6,11H2,1H3,(H,23,25)(H2,21,22,26)/t17-/m1/s1. The van der Waals surface area contributed by atoms with E-state index in [2.05, 4.69) is 15.4 Å². The van der Waals surface area contributed by atoms with Gasteiger partial charge in [0.2, 0.25) is 10.0 Å². The maximum atomic E-state index is 13.1. The average molecular weight is 454 g/mol. The molecule has 0 spiro atoms. The number of sulfonamides is 1. The number of nitrogens with one attached hydrogen (secondary N) is 4. The Kier molecular flexibility index (Phi) is 8.73. The Morgan fingerprint density at radius 1 is 1.16 bits per heavy atom. The maximum Gasteiger partial charge on any atom is 0.319 e. The zero-order valence-electron chi connectivity index (χ0n) is 16.6. The molecule has 0 bridgehead atoms. The van der Waals surface area contributed by atoms with E-state index in [4.69, 9.17) is 9.94 Å². The summed E-state index contributed by atoms with van der Waals surface area (Å²) in [7, 11) is -2.61. The van der Waals surface area contributed by atoms with Gasteiger partial charge in [0, 0.05) is 12.2 Å². The van der Waals surface area contributed by atoms with E-state index in [0.29, 0.717) is 5.75 Å². The van der Waals surface area contributed by atoms with Gasteiger partial charge in [-0.15, -0.1) is 0 Å². The SMILES string of the molecule is COc1ccc(S(=O)(=O)N[C@H](CCCNC(=O)Nc2cccc(F)c2)C(=O)NO)cc1. The first-order valence-corrected chi connectivity index (χ1v) is 10.6. The predicted molar refractivity (Wildman–Crippen MR) is 110 cm³/mol. The van der Waals surface area contributed by atoms with Crippen LogP contribution in [-0.4, -0.2) is 45.3 Å². The maximum absolute atomic E-state index is 13.1. The lowest BCUT2D eigenvalue weighted by Crippen LogP contribution is -2.46. The van der Waals surface area contributed by atoms with Gasteiger partial charge in [0.1, 0.15) is 17.6 Å². The van der Waals surface area contributed by atoms with Crippen molar-refractivity contribution in [2.24, 2.45) is 0 Å². The monoisotopic (exact) mass is 454 g/mol. The summed E-state index contributed by atoms with van der Waals surface area (Å²) < 4.78 is 45.3. The van der Waals surface area contributed by atoms with E-state index in [1.165, 1.54) is 55.1 Å². The summed E-state index contributed by atoms with van der Waals surface area (Å²) in [6.07, 6.45) is 0.196. The topological polar surface area (TPSA) is 146 Å². The summed E-state index contributed by atoms with van der Waals surface area (Å²) in [6, 6.07) is 9.01. The predicted octanol–water partition coefficient (Wildman–Crippen LogP) is 1.59. The van der Waals surface area contributed by atoms with E-state index in [1.807, 2.05) is 0 Å². The highest BCUT2D eigenvalue weighted by Crippen LogP contribution is 2.16. The average Bonchev–Trinajstić information content (AvgIpc) is 2.75. The molecule has 0 saturated carbocycles. The van der Waals surface area contributed by atoms with Gasteiger partial charge in [-0.25, -0.2) is 23.1 Å². The number of carbonyl (C=O) groups is 2. The molecular weight excluding hydrogens is 431 g/mol. The molecule has 0 heterocycles. The molecule has 168 valence electrons. The molecular formula is C19H23FN4O6S. The minimum absolute atomic E-state index is 0.0119. The summed E-state index contributed by atoms with van der Waals surface area (Å²) in [4.78, 5) is 23.6. The highest BCUT2D eigenvalue weighted by atomic mass is 32.2. The molecule has 2 aromatic rings. The van der Waals surface area contributed by atoms with Gasteiger partial charge in [-0.1, -0.05) is 6.07 Å². The quantitative estimate of drug-likeness (QED) is 0.209. The summed E-state index contributed by atoms with van der Waals surface area (Å²) in [5.41, 5.74) is 1.69. The molecule has 3 amide bonds. The Bertz CT molecular complexity index is 1000. The zero-order valence-corrected chi connectivity index (χ0v) is 17.4. The van der Waals surface area contributed by atoms with Crippen LogP contribution in [0, 0.1) is 5.82 Å². The number of amides is 3. The fourth-order valence-corrected chi connectivity index (χ4v) is 3.81. The van der Waals surface area contributed by atoms with E-state index in [9.17, 15) is 22.4 Å². The molecule has 1 atom stereocenters. The van der Waals surface area contributed by atoms with E-state index in [0.717, 1.165) is 6.07 Å². The minimum atomic E-state index is -4.05. The first-order valence-electron chi connectivity index (χ1n) is 9.16. The number of urea groups is 1. The van der Waals surface area contributed by atoms with Crippen molar-refractivity contribution in [1.29, 1.82) is 0 Å². The van der Waals surface area contributed by atoms with Crippen LogP contribution in [0.1, 0.15) is 12.8 Å². The van der Waals surface area contributed by atoms with Gasteiger partial charge in [-0.3, -0.25) is 10.0 Å². The first-order chi connectivity index (χ1) is 14.7. The van der Waals surface area contributed by atoms with E-state index >= 15 is 0 Å². The van der Waals surface area contributed by atoms with Crippen LogP contribution >= 0.6 is 0 Å². The number of hydrogen-bond acceptors (Lipinski definition) is 6. The molecule has 0 saturated heterocycles. The molecule has 31 heavy (non-hydrogen) atoms. The van der Waals surface area contributed by atoms with Gasteiger partial charge in [-0.2, -0.15) is 4.72 Å². The Labute approximate surface area is 178 Å². The van der Waals surface area contributed by atoms with Crippen molar-refractivity contribution in [3.8, 4) is 5.75 Å². The second-order valence-corrected chi connectivity index (χ2v) is 8.07. The van der Waals surface area contributed by atoms with Gasteiger partial charge in [0.15, 0.2) is 0 Å². The Balaban J connectivity index is 1.89. The smallest absolute Gasteiger partial charge is 0.319 e. The molecule has 5 N–H and O–H groups in total. The number of carbonyl (C=O) groups excluding carboxylic acids is 2.